The van der Waals surface area contributed by atoms with Gasteiger partial charge in [0.25, 0.3) is 5.91 Å². The molecule has 104 valence electrons. The number of rotatable bonds is 4. The summed E-state index contributed by atoms with van der Waals surface area (Å²) in [4.78, 5) is 31.0. The average Bonchev–Trinajstić information content (AvgIpc) is 2.43. The van der Waals surface area contributed by atoms with Crippen LogP contribution in [0.3, 0.4) is 0 Å². The molecule has 0 aliphatic carbocycles. The third kappa shape index (κ3) is 2.89. The van der Waals surface area contributed by atoms with E-state index in [0.29, 0.717) is 11.0 Å². The predicted molar refractivity (Wildman–Crippen MR) is 70.1 cm³/mol. The fourth-order valence-electron chi connectivity index (χ4n) is 1.67. The number of hydrogen-bond acceptors (Lipinski definition) is 5. The van der Waals surface area contributed by atoms with Crippen molar-refractivity contribution < 1.29 is 19.8 Å². The van der Waals surface area contributed by atoms with Crippen LogP contribution in [-0.4, -0.2) is 44.2 Å². The number of hydrogen-bond donors (Lipinski definition) is 3. The van der Waals surface area contributed by atoms with Gasteiger partial charge in [-0.25, -0.2) is 9.78 Å². The van der Waals surface area contributed by atoms with Crippen molar-refractivity contribution in [1.29, 1.82) is 0 Å². The third-order valence-corrected chi connectivity index (χ3v) is 2.72. The predicted octanol–water partition coefficient (Wildman–Crippen LogP) is 0.194. The van der Waals surface area contributed by atoms with Crippen LogP contribution in [0.5, 0.6) is 0 Å². The molecule has 0 saturated carbocycles. The lowest BCUT2D eigenvalue weighted by molar-refractivity contribution is -0.141. The van der Waals surface area contributed by atoms with Crippen molar-refractivity contribution in [3.63, 3.8) is 0 Å². The van der Waals surface area contributed by atoms with E-state index < -0.39 is 24.0 Å². The van der Waals surface area contributed by atoms with Crippen LogP contribution >= 0.6 is 0 Å². The Morgan fingerprint density at radius 1 is 1.25 bits per heavy atom. The molecule has 1 heterocycles. The largest absolute Gasteiger partial charge is 0.480 e. The monoisotopic (exact) mass is 275 g/mol. The Kier molecular flexibility index (Phi) is 3.90. The molecule has 20 heavy (non-hydrogen) atoms. The van der Waals surface area contributed by atoms with Gasteiger partial charge in [-0.1, -0.05) is 12.1 Å². The van der Waals surface area contributed by atoms with E-state index in [9.17, 15) is 14.7 Å². The summed E-state index contributed by atoms with van der Waals surface area (Å²) < 4.78 is 0. The van der Waals surface area contributed by atoms with Crippen molar-refractivity contribution in [2.24, 2.45) is 0 Å². The number of nitrogens with zero attached hydrogens (tertiary/aromatic N) is 2. The number of aliphatic hydroxyl groups excluding tert-OH is 1. The molecular formula is C13H13N3O4. The van der Waals surface area contributed by atoms with Gasteiger partial charge in [0.2, 0.25) is 0 Å². The van der Waals surface area contributed by atoms with Crippen molar-refractivity contribution >= 4 is 22.9 Å². The number of aromatic nitrogens is 2. The molecule has 1 aromatic heterocycles. The lowest BCUT2D eigenvalue weighted by atomic mass is 10.2. The highest BCUT2D eigenvalue weighted by Crippen LogP contribution is 2.08. The maximum absolute atomic E-state index is 11.9. The highest BCUT2D eigenvalue weighted by atomic mass is 16.4. The van der Waals surface area contributed by atoms with Crippen molar-refractivity contribution in [3.05, 3.63) is 36.2 Å². The molecule has 2 atom stereocenters. The number of benzene rings is 1. The number of aliphatic carboxylic acids is 1. The summed E-state index contributed by atoms with van der Waals surface area (Å²) in [6, 6.07) is 5.61. The standard InChI is InChI=1S/C13H13N3O4/c1-7(17)11(13(19)20)16-12(18)10-6-14-8-4-2-3-5-9(8)15-10/h2-7,11,17H,1H3,(H,16,18)(H,19,20)/t7-,11+/m0/s1. The Balaban J connectivity index is 2.24. The van der Waals surface area contributed by atoms with E-state index >= 15 is 0 Å². The van der Waals surface area contributed by atoms with Gasteiger partial charge in [-0.05, 0) is 19.1 Å². The van der Waals surface area contributed by atoms with Crippen LogP contribution in [-0.2, 0) is 4.79 Å². The quantitative estimate of drug-likeness (QED) is 0.734. The zero-order valence-electron chi connectivity index (χ0n) is 10.6. The molecule has 0 bridgehead atoms. The summed E-state index contributed by atoms with van der Waals surface area (Å²) in [5, 5.41) is 20.4. The first-order valence-electron chi connectivity index (χ1n) is 5.92. The molecule has 7 nitrogen and oxygen atoms in total. The topological polar surface area (TPSA) is 112 Å². The number of carbonyl (C=O) groups excluding carboxylic acids is 1. The summed E-state index contributed by atoms with van der Waals surface area (Å²) in [5.41, 5.74) is 1.16. The van der Waals surface area contributed by atoms with E-state index in [1.54, 1.807) is 24.3 Å². The van der Waals surface area contributed by atoms with Crippen LogP contribution in [0.1, 0.15) is 17.4 Å². The van der Waals surface area contributed by atoms with Crippen LogP contribution in [0, 0.1) is 0 Å². The van der Waals surface area contributed by atoms with Gasteiger partial charge < -0.3 is 15.5 Å². The summed E-state index contributed by atoms with van der Waals surface area (Å²) in [7, 11) is 0. The molecule has 0 saturated heterocycles. The fraction of sp³-hybridized carbons (Fsp3) is 0.231. The van der Waals surface area contributed by atoms with Gasteiger partial charge in [-0.3, -0.25) is 9.78 Å². The number of carbonyl (C=O) groups is 2. The average molecular weight is 275 g/mol. The van der Waals surface area contributed by atoms with Gasteiger partial charge in [0, 0.05) is 0 Å². The molecule has 7 heteroatoms. The molecule has 0 spiro atoms. The minimum Gasteiger partial charge on any atom is -0.480 e. The maximum atomic E-state index is 11.9. The Morgan fingerprint density at radius 3 is 2.50 bits per heavy atom. The Bertz CT molecular complexity index is 657. The molecule has 0 unspecified atom stereocenters. The number of aliphatic hydroxyl groups is 1. The van der Waals surface area contributed by atoms with E-state index in [-0.39, 0.29) is 5.69 Å². The normalized spacial score (nSPS) is 13.7. The second-order valence-electron chi connectivity index (χ2n) is 4.27. The summed E-state index contributed by atoms with van der Waals surface area (Å²) in [6.07, 6.45) is 0.0448. The summed E-state index contributed by atoms with van der Waals surface area (Å²) in [5.74, 6) is -2.02. The molecular weight excluding hydrogens is 262 g/mol. The second kappa shape index (κ2) is 5.62. The van der Waals surface area contributed by atoms with Crippen molar-refractivity contribution in [1.82, 2.24) is 15.3 Å². The maximum Gasteiger partial charge on any atom is 0.328 e. The van der Waals surface area contributed by atoms with Gasteiger partial charge >= 0.3 is 5.97 Å². The Labute approximate surface area is 114 Å². The van der Waals surface area contributed by atoms with E-state index in [2.05, 4.69) is 15.3 Å². The number of carboxylic acid groups (broad SMARTS) is 1. The number of carboxylic acids is 1. The SMILES string of the molecule is C[C@H](O)[C@@H](NC(=O)c1cnc2ccccc2n1)C(=O)O. The van der Waals surface area contributed by atoms with Crippen molar-refractivity contribution in [3.8, 4) is 0 Å². The molecule has 2 rings (SSSR count). The smallest absolute Gasteiger partial charge is 0.328 e. The molecule has 2 aromatic rings. The number of nitrogens with one attached hydrogen (secondary N) is 1. The highest BCUT2D eigenvalue weighted by molar-refractivity contribution is 5.96. The molecule has 0 aliphatic heterocycles. The zero-order chi connectivity index (χ0) is 14.7. The molecule has 3 N–H and O–H groups in total. The first-order chi connectivity index (χ1) is 9.49. The lowest BCUT2D eigenvalue weighted by Crippen LogP contribution is -2.47. The van der Waals surface area contributed by atoms with Gasteiger partial charge in [0.1, 0.15) is 5.69 Å². The number of fused-ring (bicyclic) bond motifs is 1. The second-order valence-corrected chi connectivity index (χ2v) is 4.27. The third-order valence-electron chi connectivity index (χ3n) is 2.72. The van der Waals surface area contributed by atoms with Crippen LogP contribution in [0.25, 0.3) is 11.0 Å². The molecule has 0 fully saturated rings. The lowest BCUT2D eigenvalue weighted by Gasteiger charge is -2.16. The van der Waals surface area contributed by atoms with Crippen LogP contribution < -0.4 is 5.32 Å². The van der Waals surface area contributed by atoms with Gasteiger partial charge in [-0.15, -0.1) is 0 Å². The molecule has 0 aliphatic rings. The van der Waals surface area contributed by atoms with Gasteiger partial charge in [-0.2, -0.15) is 0 Å². The minimum absolute atomic E-state index is 0.00407. The molecule has 1 amide bonds. The number of para-hydroxylation sites is 2. The van der Waals surface area contributed by atoms with Crippen LogP contribution in [0.4, 0.5) is 0 Å². The van der Waals surface area contributed by atoms with Crippen LogP contribution in [0.15, 0.2) is 30.5 Å². The van der Waals surface area contributed by atoms with E-state index in [4.69, 9.17) is 5.11 Å². The van der Waals surface area contributed by atoms with Gasteiger partial charge in [0.15, 0.2) is 6.04 Å². The highest BCUT2D eigenvalue weighted by Gasteiger charge is 2.26. The summed E-state index contributed by atoms with van der Waals surface area (Å²) in [6.45, 7) is 1.28. The Morgan fingerprint density at radius 2 is 1.90 bits per heavy atom. The van der Waals surface area contributed by atoms with Crippen LogP contribution in [0.2, 0.25) is 0 Å². The summed E-state index contributed by atoms with van der Waals surface area (Å²) >= 11 is 0. The fourth-order valence-corrected chi connectivity index (χ4v) is 1.67. The minimum atomic E-state index is -1.39. The van der Waals surface area contributed by atoms with Gasteiger partial charge in [0.05, 0.1) is 23.3 Å². The number of amides is 1. The first kappa shape index (κ1) is 13.9. The van der Waals surface area contributed by atoms with E-state index in [1.165, 1.54) is 13.1 Å². The Hall–Kier alpha value is -2.54. The van der Waals surface area contributed by atoms with Crippen molar-refractivity contribution in [2.75, 3.05) is 0 Å². The zero-order valence-corrected chi connectivity index (χ0v) is 10.6. The molecule has 1 aromatic carbocycles. The van der Waals surface area contributed by atoms with E-state index in [0.717, 1.165) is 0 Å². The molecule has 0 radical (unpaired) electrons. The van der Waals surface area contributed by atoms with E-state index in [1.807, 2.05) is 0 Å². The van der Waals surface area contributed by atoms with Crippen molar-refractivity contribution in [2.45, 2.75) is 19.1 Å². The first-order valence-corrected chi connectivity index (χ1v) is 5.92.